The molecule has 0 radical (unpaired) electrons. The molecule has 0 saturated carbocycles. The summed E-state index contributed by atoms with van der Waals surface area (Å²) in [6, 6.07) is 10.3. The molecule has 2 aromatic carbocycles. The first kappa shape index (κ1) is 14.8. The number of rotatable bonds is 5. The van der Waals surface area contributed by atoms with Crippen molar-refractivity contribution in [1.82, 2.24) is 0 Å². The Labute approximate surface area is 124 Å². The number of non-ortho nitro benzene ring substituents is 1. The second-order valence-electron chi connectivity index (χ2n) is 4.14. The number of carboxylic acid groups (broad SMARTS) is 1. The molecule has 0 amide bonds. The largest absolute Gasteiger partial charge is 0.486 e. The maximum Gasteiger partial charge on any atom is 0.339 e. The maximum absolute atomic E-state index is 11.1. The summed E-state index contributed by atoms with van der Waals surface area (Å²) < 4.78 is 5.41. The van der Waals surface area contributed by atoms with E-state index in [1.54, 1.807) is 6.07 Å². The number of ether oxygens (including phenoxy) is 1. The van der Waals surface area contributed by atoms with Crippen molar-refractivity contribution in [3.8, 4) is 5.75 Å². The molecule has 0 bridgehead atoms. The van der Waals surface area contributed by atoms with Crippen LogP contribution in [-0.2, 0) is 6.61 Å². The molecule has 0 atom stereocenters. The number of hydrogen-bond donors (Lipinski definition) is 1. The minimum atomic E-state index is -1.16. The Morgan fingerprint density at radius 1 is 1.29 bits per heavy atom. The summed E-state index contributed by atoms with van der Waals surface area (Å²) in [7, 11) is 0. The average Bonchev–Trinajstić information content (AvgIpc) is 2.46. The molecule has 2 aromatic rings. The van der Waals surface area contributed by atoms with Gasteiger partial charge in [-0.1, -0.05) is 29.8 Å². The van der Waals surface area contributed by atoms with Gasteiger partial charge in [-0.25, -0.2) is 4.79 Å². The highest BCUT2D eigenvalue weighted by molar-refractivity contribution is 6.32. The van der Waals surface area contributed by atoms with Crippen LogP contribution in [0.1, 0.15) is 15.9 Å². The van der Waals surface area contributed by atoms with Gasteiger partial charge in [0.05, 0.1) is 9.95 Å². The number of halogens is 1. The highest BCUT2D eigenvalue weighted by atomic mass is 35.5. The van der Waals surface area contributed by atoms with Crippen molar-refractivity contribution in [2.75, 3.05) is 0 Å². The van der Waals surface area contributed by atoms with Crippen LogP contribution >= 0.6 is 11.6 Å². The molecule has 21 heavy (non-hydrogen) atoms. The summed E-state index contributed by atoms with van der Waals surface area (Å²) in [4.78, 5) is 21.3. The number of carbonyl (C=O) groups is 1. The lowest BCUT2D eigenvalue weighted by atomic mass is 10.2. The van der Waals surface area contributed by atoms with Crippen LogP contribution in [0.3, 0.4) is 0 Å². The first-order valence-electron chi connectivity index (χ1n) is 5.87. The highest BCUT2D eigenvalue weighted by Crippen LogP contribution is 2.29. The number of nitrogens with zero attached hydrogens (tertiary/aromatic N) is 1. The Morgan fingerprint density at radius 2 is 2.00 bits per heavy atom. The van der Waals surface area contributed by atoms with Gasteiger partial charge in [0.15, 0.2) is 5.75 Å². The topological polar surface area (TPSA) is 89.7 Å². The Balaban J connectivity index is 2.22. The number of carboxylic acids is 1. The number of benzene rings is 2. The van der Waals surface area contributed by atoms with Crippen molar-refractivity contribution in [2.45, 2.75) is 6.61 Å². The molecule has 0 aliphatic carbocycles. The molecule has 108 valence electrons. The number of para-hydroxylation sites is 1. The second-order valence-corrected chi connectivity index (χ2v) is 4.54. The zero-order chi connectivity index (χ0) is 15.4. The maximum atomic E-state index is 11.1. The minimum absolute atomic E-state index is 0.0221. The van der Waals surface area contributed by atoms with Gasteiger partial charge in [0.25, 0.3) is 5.69 Å². The molecule has 0 unspecified atom stereocenters. The van der Waals surface area contributed by atoms with Crippen molar-refractivity contribution >= 4 is 23.3 Å². The summed E-state index contributed by atoms with van der Waals surface area (Å²) >= 11 is 5.92. The lowest BCUT2D eigenvalue weighted by molar-refractivity contribution is -0.384. The zero-order valence-corrected chi connectivity index (χ0v) is 11.4. The lowest BCUT2D eigenvalue weighted by Gasteiger charge is -2.10. The van der Waals surface area contributed by atoms with Crippen molar-refractivity contribution in [3.05, 3.63) is 68.7 Å². The van der Waals surface area contributed by atoms with Crippen LogP contribution < -0.4 is 4.74 Å². The Morgan fingerprint density at radius 3 is 2.67 bits per heavy atom. The van der Waals surface area contributed by atoms with E-state index >= 15 is 0 Å². The standard InChI is InChI=1S/C14H10ClNO5/c15-12-6-2-5-11(14(17)18)13(12)21-8-9-3-1-4-10(7-9)16(19)20/h1-7H,8H2,(H,17,18). The molecule has 7 heteroatoms. The zero-order valence-electron chi connectivity index (χ0n) is 10.7. The van der Waals surface area contributed by atoms with Gasteiger partial charge < -0.3 is 9.84 Å². The fraction of sp³-hybridized carbons (Fsp3) is 0.0714. The molecule has 0 aromatic heterocycles. The molecular weight excluding hydrogens is 298 g/mol. The molecule has 0 heterocycles. The molecule has 1 N–H and O–H groups in total. The smallest absolute Gasteiger partial charge is 0.339 e. The third kappa shape index (κ3) is 3.49. The average molecular weight is 308 g/mol. The third-order valence-electron chi connectivity index (χ3n) is 2.70. The Kier molecular flexibility index (Phi) is 4.39. The minimum Gasteiger partial charge on any atom is -0.486 e. The highest BCUT2D eigenvalue weighted by Gasteiger charge is 2.15. The molecule has 0 aliphatic rings. The fourth-order valence-corrected chi connectivity index (χ4v) is 1.97. The van der Waals surface area contributed by atoms with E-state index in [-0.39, 0.29) is 28.6 Å². The number of aromatic carboxylic acids is 1. The van der Waals surface area contributed by atoms with Crippen LogP contribution in [0.4, 0.5) is 5.69 Å². The van der Waals surface area contributed by atoms with Gasteiger partial charge in [0.1, 0.15) is 12.2 Å². The van der Waals surface area contributed by atoms with Crippen molar-refractivity contribution in [3.63, 3.8) is 0 Å². The lowest BCUT2D eigenvalue weighted by Crippen LogP contribution is -2.04. The van der Waals surface area contributed by atoms with Crippen molar-refractivity contribution < 1.29 is 19.6 Å². The van der Waals surface area contributed by atoms with Crippen LogP contribution in [0.25, 0.3) is 0 Å². The van der Waals surface area contributed by atoms with Crippen LogP contribution in [-0.4, -0.2) is 16.0 Å². The number of nitro groups is 1. The fourth-order valence-electron chi connectivity index (χ4n) is 1.74. The monoisotopic (exact) mass is 307 g/mol. The molecule has 0 aliphatic heterocycles. The van der Waals surface area contributed by atoms with Crippen molar-refractivity contribution in [2.24, 2.45) is 0 Å². The van der Waals surface area contributed by atoms with Gasteiger partial charge in [0.2, 0.25) is 0 Å². The summed E-state index contributed by atoms with van der Waals surface area (Å²) in [5.41, 5.74) is 0.419. The summed E-state index contributed by atoms with van der Waals surface area (Å²) in [6.45, 7) is -0.0221. The molecule has 2 rings (SSSR count). The Bertz CT molecular complexity index is 702. The van der Waals surface area contributed by atoms with Gasteiger partial charge in [0, 0.05) is 12.1 Å². The van der Waals surface area contributed by atoms with Crippen LogP contribution in [0, 0.1) is 10.1 Å². The summed E-state index contributed by atoms with van der Waals surface area (Å²) in [6.07, 6.45) is 0. The van der Waals surface area contributed by atoms with Crippen LogP contribution in [0.2, 0.25) is 5.02 Å². The van der Waals surface area contributed by atoms with E-state index in [0.717, 1.165) is 0 Å². The molecule has 6 nitrogen and oxygen atoms in total. The molecule has 0 fully saturated rings. The van der Waals surface area contributed by atoms with Crippen LogP contribution in [0.5, 0.6) is 5.75 Å². The summed E-state index contributed by atoms with van der Waals surface area (Å²) in [5, 5.41) is 19.9. The molecular formula is C14H10ClNO5. The number of nitro benzene ring substituents is 1. The van der Waals surface area contributed by atoms with E-state index in [1.807, 2.05) is 0 Å². The quantitative estimate of drug-likeness (QED) is 0.674. The van der Waals surface area contributed by atoms with Gasteiger partial charge in [-0.05, 0) is 17.7 Å². The SMILES string of the molecule is O=C(O)c1cccc(Cl)c1OCc1cccc([N+](=O)[O-])c1. The first-order valence-corrected chi connectivity index (χ1v) is 6.25. The van der Waals surface area contributed by atoms with E-state index in [4.69, 9.17) is 21.4 Å². The molecule has 0 spiro atoms. The predicted octanol–water partition coefficient (Wildman–Crippen LogP) is 3.53. The van der Waals surface area contributed by atoms with E-state index in [1.165, 1.54) is 36.4 Å². The predicted molar refractivity (Wildman–Crippen MR) is 75.8 cm³/mol. The number of hydrogen-bond acceptors (Lipinski definition) is 4. The normalized spacial score (nSPS) is 10.1. The van der Waals surface area contributed by atoms with Gasteiger partial charge in [-0.2, -0.15) is 0 Å². The van der Waals surface area contributed by atoms with Crippen LogP contribution in [0.15, 0.2) is 42.5 Å². The third-order valence-corrected chi connectivity index (χ3v) is 3.00. The van der Waals surface area contributed by atoms with E-state index in [9.17, 15) is 14.9 Å². The van der Waals surface area contributed by atoms with Gasteiger partial charge >= 0.3 is 5.97 Å². The van der Waals surface area contributed by atoms with Gasteiger partial charge in [-0.3, -0.25) is 10.1 Å². The van der Waals surface area contributed by atoms with E-state index < -0.39 is 10.9 Å². The second kappa shape index (κ2) is 6.23. The van der Waals surface area contributed by atoms with E-state index in [0.29, 0.717) is 5.56 Å². The van der Waals surface area contributed by atoms with Gasteiger partial charge in [-0.15, -0.1) is 0 Å². The Hall–Kier alpha value is -2.60. The van der Waals surface area contributed by atoms with E-state index in [2.05, 4.69) is 0 Å². The first-order chi connectivity index (χ1) is 9.99. The summed E-state index contributed by atoms with van der Waals surface area (Å²) in [5.74, 6) is -1.12. The van der Waals surface area contributed by atoms with Crippen molar-refractivity contribution in [1.29, 1.82) is 0 Å². The molecule has 0 saturated heterocycles.